The first kappa shape index (κ1) is 14.7. The predicted octanol–water partition coefficient (Wildman–Crippen LogP) is 2.93. The van der Waals surface area contributed by atoms with E-state index in [0.717, 1.165) is 18.4 Å². The summed E-state index contributed by atoms with van der Waals surface area (Å²) in [5.41, 5.74) is 1.53. The van der Waals surface area contributed by atoms with Crippen LogP contribution in [0.3, 0.4) is 0 Å². The number of rotatable bonds is 3. The lowest BCUT2D eigenvalue weighted by atomic mass is 9.65. The maximum atomic E-state index is 10.5. The highest BCUT2D eigenvalue weighted by Gasteiger charge is 2.39. The molecule has 2 unspecified atom stereocenters. The number of carboxylic acids is 1. The minimum atomic E-state index is -0.945. The fourth-order valence-electron chi connectivity index (χ4n) is 2.46. The van der Waals surface area contributed by atoms with Gasteiger partial charge in [-0.3, -0.25) is 0 Å². The van der Waals surface area contributed by atoms with Gasteiger partial charge >= 0.3 is 5.97 Å². The van der Waals surface area contributed by atoms with E-state index >= 15 is 0 Å². The van der Waals surface area contributed by atoms with Gasteiger partial charge in [-0.2, -0.15) is 0 Å². The van der Waals surface area contributed by atoms with E-state index in [1.54, 1.807) is 13.0 Å². The molecular weight excluding hydrogens is 228 g/mol. The molecule has 2 N–H and O–H groups in total. The third kappa shape index (κ3) is 3.33. The molecule has 0 aromatic heterocycles. The number of carbonyl (C=O) groups is 1. The van der Waals surface area contributed by atoms with Gasteiger partial charge < -0.3 is 10.2 Å². The zero-order chi connectivity index (χ0) is 13.9. The molecule has 0 amide bonds. The monoisotopic (exact) mass is 250 g/mol. The zero-order valence-corrected chi connectivity index (χ0v) is 11.3. The summed E-state index contributed by atoms with van der Waals surface area (Å²) in [4.78, 5) is 10.5. The summed E-state index contributed by atoms with van der Waals surface area (Å²) < 4.78 is 0. The number of carboxylic acid groups (broad SMARTS) is 1. The van der Waals surface area contributed by atoms with Gasteiger partial charge in [0.15, 0.2) is 0 Å². The highest BCUT2D eigenvalue weighted by Crippen LogP contribution is 2.44. The van der Waals surface area contributed by atoms with Gasteiger partial charge in [-0.15, -0.1) is 0 Å². The number of hydrogen-bond acceptors (Lipinski definition) is 2. The Kier molecular flexibility index (Phi) is 4.52. The molecule has 0 bridgehead atoms. The van der Waals surface area contributed by atoms with Crippen molar-refractivity contribution in [3.8, 4) is 0 Å². The number of aliphatic hydroxyl groups is 1. The molecule has 0 radical (unpaired) electrons. The van der Waals surface area contributed by atoms with E-state index < -0.39 is 5.97 Å². The lowest BCUT2D eigenvalue weighted by Crippen LogP contribution is -2.40. The molecule has 0 aromatic carbocycles. The van der Waals surface area contributed by atoms with E-state index in [9.17, 15) is 9.90 Å². The van der Waals surface area contributed by atoms with Crippen LogP contribution >= 0.6 is 0 Å². The topological polar surface area (TPSA) is 57.5 Å². The van der Waals surface area contributed by atoms with Gasteiger partial charge in [0.2, 0.25) is 0 Å². The summed E-state index contributed by atoms with van der Waals surface area (Å²) in [5.74, 6) is -0.864. The number of aliphatic carboxylic acids is 1. The van der Waals surface area contributed by atoms with Gasteiger partial charge in [-0.05, 0) is 25.3 Å². The van der Waals surface area contributed by atoms with E-state index in [4.69, 9.17) is 5.11 Å². The SMILES string of the molecule is C=C1CCC(O)C(C)(C)C1C=CC(C)=CC(=O)O. The van der Waals surface area contributed by atoms with Crippen LogP contribution in [0.5, 0.6) is 0 Å². The van der Waals surface area contributed by atoms with Crippen LogP contribution in [0.1, 0.15) is 33.6 Å². The third-order valence-corrected chi connectivity index (χ3v) is 3.74. The average Bonchev–Trinajstić information content (AvgIpc) is 2.22. The molecule has 1 rings (SSSR count). The molecule has 18 heavy (non-hydrogen) atoms. The van der Waals surface area contributed by atoms with Crippen molar-refractivity contribution in [2.24, 2.45) is 11.3 Å². The van der Waals surface area contributed by atoms with Crippen LogP contribution in [0.25, 0.3) is 0 Å². The minimum Gasteiger partial charge on any atom is -0.478 e. The normalized spacial score (nSPS) is 28.7. The minimum absolute atomic E-state index is 0.0818. The molecule has 1 fully saturated rings. The largest absolute Gasteiger partial charge is 0.478 e. The molecule has 0 spiro atoms. The van der Waals surface area contributed by atoms with Crippen LogP contribution < -0.4 is 0 Å². The molecule has 0 heterocycles. The Labute approximate surface area is 109 Å². The van der Waals surface area contributed by atoms with Crippen LogP contribution in [0.4, 0.5) is 0 Å². The fraction of sp³-hybridized carbons (Fsp3) is 0.533. The van der Waals surface area contributed by atoms with Crippen molar-refractivity contribution in [1.82, 2.24) is 0 Å². The van der Waals surface area contributed by atoms with E-state index in [-0.39, 0.29) is 17.4 Å². The molecule has 1 aliphatic rings. The quantitative estimate of drug-likeness (QED) is 0.460. The van der Waals surface area contributed by atoms with E-state index in [1.807, 2.05) is 19.9 Å². The smallest absolute Gasteiger partial charge is 0.328 e. The Hall–Kier alpha value is -1.35. The molecule has 100 valence electrons. The van der Waals surface area contributed by atoms with Crippen molar-refractivity contribution in [2.45, 2.75) is 39.7 Å². The van der Waals surface area contributed by atoms with Gasteiger partial charge in [-0.1, -0.05) is 38.2 Å². The Morgan fingerprint density at radius 1 is 1.50 bits per heavy atom. The Morgan fingerprint density at radius 2 is 2.11 bits per heavy atom. The molecular formula is C15H22O3. The van der Waals surface area contributed by atoms with E-state index in [0.29, 0.717) is 5.57 Å². The average molecular weight is 250 g/mol. The van der Waals surface area contributed by atoms with Crippen molar-refractivity contribution in [2.75, 3.05) is 0 Å². The van der Waals surface area contributed by atoms with Gasteiger partial charge in [0.25, 0.3) is 0 Å². The Bertz CT molecular complexity index is 402. The summed E-state index contributed by atoms with van der Waals surface area (Å²) in [7, 11) is 0. The summed E-state index contributed by atoms with van der Waals surface area (Å²) in [6, 6.07) is 0. The maximum Gasteiger partial charge on any atom is 0.328 e. The highest BCUT2D eigenvalue weighted by atomic mass is 16.4. The van der Waals surface area contributed by atoms with Crippen molar-refractivity contribution in [3.05, 3.63) is 36.0 Å². The third-order valence-electron chi connectivity index (χ3n) is 3.74. The molecule has 1 saturated carbocycles. The van der Waals surface area contributed by atoms with Gasteiger partial charge in [0, 0.05) is 17.4 Å². The zero-order valence-electron chi connectivity index (χ0n) is 11.3. The van der Waals surface area contributed by atoms with Crippen molar-refractivity contribution >= 4 is 5.97 Å². The standard InChI is InChI=1S/C15H22O3/c1-10(9-14(17)18)5-7-12-11(2)6-8-13(16)15(12,3)4/h5,7,9,12-13,16H,2,6,8H2,1,3-4H3,(H,17,18). The van der Waals surface area contributed by atoms with E-state index in [2.05, 4.69) is 6.58 Å². The first-order chi connectivity index (χ1) is 8.25. The Balaban J connectivity index is 2.90. The molecule has 3 nitrogen and oxygen atoms in total. The summed E-state index contributed by atoms with van der Waals surface area (Å²) >= 11 is 0. The van der Waals surface area contributed by atoms with Crippen molar-refractivity contribution in [3.63, 3.8) is 0 Å². The van der Waals surface area contributed by atoms with Crippen LogP contribution in [-0.2, 0) is 4.79 Å². The van der Waals surface area contributed by atoms with Gasteiger partial charge in [0.1, 0.15) is 0 Å². The second-order valence-electron chi connectivity index (χ2n) is 5.60. The van der Waals surface area contributed by atoms with Crippen LogP contribution in [0.15, 0.2) is 36.0 Å². The molecule has 1 aliphatic carbocycles. The first-order valence-electron chi connectivity index (χ1n) is 6.20. The molecule has 0 saturated heterocycles. The van der Waals surface area contributed by atoms with Crippen molar-refractivity contribution in [1.29, 1.82) is 0 Å². The first-order valence-corrected chi connectivity index (χ1v) is 6.20. The maximum absolute atomic E-state index is 10.5. The lowest BCUT2D eigenvalue weighted by molar-refractivity contribution is -0.131. The summed E-state index contributed by atoms with van der Waals surface area (Å²) in [6.45, 7) is 9.86. The summed E-state index contributed by atoms with van der Waals surface area (Å²) in [6.07, 6.45) is 6.15. The second kappa shape index (κ2) is 5.53. The molecule has 0 aliphatic heterocycles. The lowest BCUT2D eigenvalue weighted by Gasteiger charge is -2.42. The van der Waals surface area contributed by atoms with Crippen molar-refractivity contribution < 1.29 is 15.0 Å². The highest BCUT2D eigenvalue weighted by molar-refractivity contribution is 5.81. The van der Waals surface area contributed by atoms with Gasteiger partial charge in [0.05, 0.1) is 6.10 Å². The second-order valence-corrected chi connectivity index (χ2v) is 5.60. The molecule has 0 aromatic rings. The molecule has 3 heteroatoms. The predicted molar refractivity (Wildman–Crippen MR) is 72.2 cm³/mol. The van der Waals surface area contributed by atoms with Crippen LogP contribution in [0.2, 0.25) is 0 Å². The summed E-state index contributed by atoms with van der Waals surface area (Å²) in [5, 5.41) is 18.7. The fourth-order valence-corrected chi connectivity index (χ4v) is 2.46. The van der Waals surface area contributed by atoms with E-state index in [1.165, 1.54) is 6.08 Å². The van der Waals surface area contributed by atoms with Crippen LogP contribution in [0, 0.1) is 11.3 Å². The number of aliphatic hydroxyl groups excluding tert-OH is 1. The Morgan fingerprint density at radius 3 is 2.67 bits per heavy atom. The van der Waals surface area contributed by atoms with Gasteiger partial charge in [-0.25, -0.2) is 4.79 Å². The number of hydrogen-bond donors (Lipinski definition) is 2. The number of allylic oxidation sites excluding steroid dienone is 4. The molecule has 2 atom stereocenters. The van der Waals surface area contributed by atoms with Crippen LogP contribution in [-0.4, -0.2) is 22.3 Å².